The molecule has 4 aromatic rings. The minimum Gasteiger partial charge on any atom is -0.361 e. The normalized spacial score (nSPS) is 19.9. The maximum absolute atomic E-state index is 6.42. The Kier molecular flexibility index (Phi) is 10.9. The monoisotopic (exact) mass is 781 g/mol. The molecule has 252 valence electrons. The SMILES string of the molecule is C[Si](C)(C)CCOCN(COCC[Si](C)(C)C)c1c(I)c(C2C[C@H]3CC[C@@H](C2)C3)nc2c(-c3ccc(-c4ccccc4)nc3)cnn12. The van der Waals surface area contributed by atoms with Crippen LogP contribution < -0.4 is 4.90 Å². The highest BCUT2D eigenvalue weighted by atomic mass is 127. The van der Waals surface area contributed by atoms with Crippen LogP contribution in [0.3, 0.4) is 0 Å². The molecule has 2 aliphatic rings. The van der Waals surface area contributed by atoms with Crippen molar-refractivity contribution < 1.29 is 9.47 Å². The van der Waals surface area contributed by atoms with E-state index in [1.807, 2.05) is 23.0 Å². The van der Waals surface area contributed by atoms with Crippen molar-refractivity contribution in [1.82, 2.24) is 19.6 Å². The van der Waals surface area contributed by atoms with Crippen LogP contribution in [0.15, 0.2) is 54.9 Å². The van der Waals surface area contributed by atoms with Crippen molar-refractivity contribution in [2.75, 3.05) is 31.6 Å². The minimum atomic E-state index is -1.22. The second-order valence-corrected chi connectivity index (χ2v) is 28.5. The Labute approximate surface area is 297 Å². The molecule has 2 aliphatic carbocycles. The molecular weight excluding hydrogens is 730 g/mol. The summed E-state index contributed by atoms with van der Waals surface area (Å²) in [5, 5.41) is 5.00. The maximum atomic E-state index is 6.42. The summed E-state index contributed by atoms with van der Waals surface area (Å²) in [5.74, 6) is 3.13. The largest absolute Gasteiger partial charge is 0.361 e. The van der Waals surface area contributed by atoms with E-state index < -0.39 is 16.1 Å². The Hall–Kier alpha value is -2.13. The average Bonchev–Trinajstić information content (AvgIpc) is 3.61. The van der Waals surface area contributed by atoms with Gasteiger partial charge in [-0.2, -0.15) is 9.61 Å². The first kappa shape index (κ1) is 34.7. The lowest BCUT2D eigenvalue weighted by Crippen LogP contribution is -2.34. The zero-order chi connectivity index (χ0) is 33.2. The van der Waals surface area contributed by atoms with E-state index in [2.05, 4.69) is 103 Å². The number of nitrogens with zero attached hydrogens (tertiary/aromatic N) is 5. The van der Waals surface area contributed by atoms with E-state index in [0.29, 0.717) is 19.4 Å². The van der Waals surface area contributed by atoms with E-state index >= 15 is 0 Å². The molecule has 2 fully saturated rings. The van der Waals surface area contributed by atoms with Crippen molar-refractivity contribution in [3.05, 3.63) is 64.1 Å². The van der Waals surface area contributed by atoms with Gasteiger partial charge < -0.3 is 14.4 Å². The fourth-order valence-electron chi connectivity index (χ4n) is 7.05. The Morgan fingerprint density at radius 2 is 1.45 bits per heavy atom. The molecule has 2 saturated carbocycles. The van der Waals surface area contributed by atoms with Crippen LogP contribution in [0.1, 0.15) is 43.7 Å². The highest BCUT2D eigenvalue weighted by Crippen LogP contribution is 2.49. The third kappa shape index (κ3) is 8.73. The molecule has 6 rings (SSSR count). The van der Waals surface area contributed by atoms with E-state index in [1.165, 1.54) is 41.4 Å². The van der Waals surface area contributed by atoms with E-state index in [9.17, 15) is 0 Å². The number of halogens is 1. The molecule has 1 unspecified atom stereocenters. The van der Waals surface area contributed by atoms with Gasteiger partial charge in [-0.3, -0.25) is 4.98 Å². The average molecular weight is 782 g/mol. The standard InChI is InChI=1S/C37H52IN5O2Si2/c1-46(2,3)18-16-44-25-42(26-45-17-19-47(4,5)6)37-34(38)35(31-21-27-12-13-28(20-27)22-31)41-36-32(24-40-43(36)37)30-14-15-33(39-23-30)29-10-8-7-9-11-29/h7-11,14-15,23-24,27-28,31H,12-13,16-22,25-26H2,1-6H3/t27-,28+,31?. The van der Waals surface area contributed by atoms with Gasteiger partial charge in [0.1, 0.15) is 13.5 Å². The number of hydrogen-bond donors (Lipinski definition) is 0. The molecule has 47 heavy (non-hydrogen) atoms. The van der Waals surface area contributed by atoms with Crippen LogP contribution in [-0.2, 0) is 9.47 Å². The second kappa shape index (κ2) is 14.8. The molecule has 0 amide bonds. The number of benzene rings is 1. The molecule has 1 aromatic carbocycles. The van der Waals surface area contributed by atoms with E-state index in [0.717, 1.165) is 71.0 Å². The highest BCUT2D eigenvalue weighted by molar-refractivity contribution is 14.1. The Morgan fingerprint density at radius 3 is 2.02 bits per heavy atom. The maximum Gasteiger partial charge on any atom is 0.165 e. The van der Waals surface area contributed by atoms with Crippen LogP contribution in [0.4, 0.5) is 5.82 Å². The van der Waals surface area contributed by atoms with Gasteiger partial charge in [-0.25, -0.2) is 4.98 Å². The number of ether oxygens (including phenoxy) is 2. The summed E-state index contributed by atoms with van der Waals surface area (Å²) < 4.78 is 16.0. The van der Waals surface area contributed by atoms with Gasteiger partial charge in [0.2, 0.25) is 0 Å². The minimum absolute atomic E-state index is 0.459. The zero-order valence-corrected chi connectivity index (χ0v) is 33.3. The van der Waals surface area contributed by atoms with Crippen molar-refractivity contribution in [2.45, 2.75) is 89.4 Å². The fourth-order valence-corrected chi connectivity index (χ4v) is 9.70. The van der Waals surface area contributed by atoms with Crippen LogP contribution in [0.2, 0.25) is 51.4 Å². The van der Waals surface area contributed by atoms with E-state index in [-0.39, 0.29) is 0 Å². The summed E-state index contributed by atoms with van der Waals surface area (Å²) in [4.78, 5) is 12.6. The second-order valence-electron chi connectivity index (χ2n) is 16.2. The molecule has 10 heteroatoms. The van der Waals surface area contributed by atoms with Crippen LogP contribution in [0, 0.1) is 15.4 Å². The Bertz CT molecular complexity index is 1600. The van der Waals surface area contributed by atoms with Gasteiger partial charge in [0.25, 0.3) is 0 Å². The van der Waals surface area contributed by atoms with Crippen molar-refractivity contribution in [2.24, 2.45) is 11.8 Å². The first-order valence-corrected chi connectivity index (χ1v) is 25.9. The topological polar surface area (TPSA) is 64.8 Å². The number of pyridine rings is 1. The predicted molar refractivity (Wildman–Crippen MR) is 208 cm³/mol. The molecule has 3 aromatic heterocycles. The molecule has 0 N–H and O–H groups in total. The lowest BCUT2D eigenvalue weighted by Gasteiger charge is -2.31. The van der Waals surface area contributed by atoms with Gasteiger partial charge in [-0.05, 0) is 71.8 Å². The van der Waals surface area contributed by atoms with Crippen LogP contribution in [-0.4, -0.2) is 62.4 Å². The van der Waals surface area contributed by atoms with Gasteiger partial charge in [0.15, 0.2) is 11.5 Å². The first-order valence-electron chi connectivity index (χ1n) is 17.4. The lowest BCUT2D eigenvalue weighted by molar-refractivity contribution is 0.0940. The predicted octanol–water partition coefficient (Wildman–Crippen LogP) is 9.79. The smallest absolute Gasteiger partial charge is 0.165 e. The lowest BCUT2D eigenvalue weighted by atomic mass is 9.79. The van der Waals surface area contributed by atoms with Gasteiger partial charge in [0.05, 0.1) is 21.2 Å². The quantitative estimate of drug-likeness (QED) is 0.0550. The number of hydrogen-bond acceptors (Lipinski definition) is 6. The van der Waals surface area contributed by atoms with Gasteiger partial charge in [-0.15, -0.1) is 0 Å². The highest BCUT2D eigenvalue weighted by Gasteiger charge is 2.37. The number of aromatic nitrogens is 4. The molecule has 3 heterocycles. The number of rotatable bonds is 14. The zero-order valence-electron chi connectivity index (χ0n) is 29.1. The summed E-state index contributed by atoms with van der Waals surface area (Å²) in [7, 11) is -2.44. The first-order chi connectivity index (χ1) is 22.4. The molecule has 0 aliphatic heterocycles. The molecule has 2 bridgehead atoms. The van der Waals surface area contributed by atoms with Crippen molar-refractivity contribution >= 4 is 50.2 Å². The van der Waals surface area contributed by atoms with Crippen LogP contribution >= 0.6 is 22.6 Å². The van der Waals surface area contributed by atoms with Crippen LogP contribution in [0.5, 0.6) is 0 Å². The molecule has 0 saturated heterocycles. The number of anilines is 1. The fraction of sp³-hybridized carbons (Fsp3) is 0.541. The number of fused-ring (bicyclic) bond motifs is 3. The van der Waals surface area contributed by atoms with Crippen LogP contribution in [0.25, 0.3) is 28.0 Å². The third-order valence-corrected chi connectivity index (χ3v) is 14.2. The summed E-state index contributed by atoms with van der Waals surface area (Å²) in [6.45, 7) is 16.9. The summed E-state index contributed by atoms with van der Waals surface area (Å²) in [6.07, 6.45) is 10.5. The Balaban J connectivity index is 1.39. The van der Waals surface area contributed by atoms with E-state index in [1.54, 1.807) is 0 Å². The molecule has 0 radical (unpaired) electrons. The molecule has 7 nitrogen and oxygen atoms in total. The molecular formula is C37H52IN5O2Si2. The van der Waals surface area contributed by atoms with Crippen molar-refractivity contribution in [1.29, 1.82) is 0 Å². The van der Waals surface area contributed by atoms with Gasteiger partial charge in [0, 0.05) is 58.2 Å². The third-order valence-electron chi connectivity index (χ3n) is 9.79. The van der Waals surface area contributed by atoms with Gasteiger partial charge in [-0.1, -0.05) is 88.5 Å². The van der Waals surface area contributed by atoms with E-state index in [4.69, 9.17) is 24.5 Å². The summed E-state index contributed by atoms with van der Waals surface area (Å²) in [6, 6.07) is 16.9. The molecule has 3 atom stereocenters. The van der Waals surface area contributed by atoms with Gasteiger partial charge >= 0.3 is 0 Å². The summed E-state index contributed by atoms with van der Waals surface area (Å²) in [5.41, 5.74) is 6.21. The van der Waals surface area contributed by atoms with Crippen molar-refractivity contribution in [3.8, 4) is 22.4 Å². The Morgan fingerprint density at radius 1 is 0.809 bits per heavy atom. The van der Waals surface area contributed by atoms with Crippen molar-refractivity contribution in [3.63, 3.8) is 0 Å². The molecule has 0 spiro atoms. The summed E-state index contributed by atoms with van der Waals surface area (Å²) >= 11 is 2.55.